The van der Waals surface area contributed by atoms with Crippen molar-refractivity contribution in [2.45, 2.75) is 0 Å². The summed E-state index contributed by atoms with van der Waals surface area (Å²) in [4.78, 5) is 2.64. The van der Waals surface area contributed by atoms with Crippen molar-refractivity contribution in [2.75, 3.05) is 19.4 Å². The van der Waals surface area contributed by atoms with Gasteiger partial charge in [0.1, 0.15) is 5.75 Å². The summed E-state index contributed by atoms with van der Waals surface area (Å²) in [5.74, 6) is 0.707. The van der Waals surface area contributed by atoms with Gasteiger partial charge in [-0.15, -0.1) is 0 Å². The first-order valence-electron chi connectivity index (χ1n) is 4.38. The maximum absolute atomic E-state index is 8.07. The lowest BCUT2D eigenvalue weighted by molar-refractivity contribution is 0.415. The number of azide groups is 1. The molecule has 78 valence electrons. The van der Waals surface area contributed by atoms with Gasteiger partial charge in [-0.1, -0.05) is 17.3 Å². The molecule has 0 radical (unpaired) electrons. The van der Waals surface area contributed by atoms with Gasteiger partial charge in [0.15, 0.2) is 0 Å². The van der Waals surface area contributed by atoms with Crippen LogP contribution in [0.4, 0.5) is 5.69 Å². The van der Waals surface area contributed by atoms with Crippen molar-refractivity contribution in [1.82, 2.24) is 0 Å². The van der Waals surface area contributed by atoms with E-state index >= 15 is 0 Å². The van der Waals surface area contributed by atoms with Crippen LogP contribution < -0.4 is 10.5 Å². The van der Waals surface area contributed by atoms with E-state index in [1.165, 1.54) is 0 Å². The Kier molecular flexibility index (Phi) is 4.06. The van der Waals surface area contributed by atoms with Crippen LogP contribution in [0.15, 0.2) is 29.4 Å². The molecule has 0 unspecified atom stereocenters. The SMILES string of the molecule is COc1cc(N)cc(C=CCN=[N+]=[N-])c1. The van der Waals surface area contributed by atoms with Crippen molar-refractivity contribution in [3.05, 3.63) is 40.3 Å². The van der Waals surface area contributed by atoms with Crippen LogP contribution in [0.3, 0.4) is 0 Å². The summed E-state index contributed by atoms with van der Waals surface area (Å²) in [6.07, 6.45) is 3.58. The molecule has 2 N–H and O–H groups in total. The third-order valence-corrected chi connectivity index (χ3v) is 1.75. The van der Waals surface area contributed by atoms with E-state index in [-0.39, 0.29) is 0 Å². The number of rotatable bonds is 4. The van der Waals surface area contributed by atoms with Crippen molar-refractivity contribution >= 4 is 11.8 Å². The van der Waals surface area contributed by atoms with Crippen LogP contribution in [0.1, 0.15) is 5.56 Å². The lowest BCUT2D eigenvalue weighted by Crippen LogP contribution is -1.89. The predicted molar refractivity (Wildman–Crippen MR) is 60.5 cm³/mol. The number of nitrogens with two attached hydrogens (primary N) is 1. The Morgan fingerprint density at radius 2 is 2.33 bits per heavy atom. The molecule has 0 fully saturated rings. The van der Waals surface area contributed by atoms with E-state index in [1.54, 1.807) is 19.3 Å². The number of ether oxygens (including phenoxy) is 1. The van der Waals surface area contributed by atoms with Crippen molar-refractivity contribution in [3.8, 4) is 5.75 Å². The van der Waals surface area contributed by atoms with Crippen LogP contribution in [0.25, 0.3) is 16.5 Å². The third-order valence-electron chi connectivity index (χ3n) is 1.75. The molecule has 5 heteroatoms. The van der Waals surface area contributed by atoms with E-state index in [9.17, 15) is 0 Å². The van der Waals surface area contributed by atoms with Crippen molar-refractivity contribution in [2.24, 2.45) is 5.11 Å². The fourth-order valence-corrected chi connectivity index (χ4v) is 1.13. The summed E-state index contributed by atoms with van der Waals surface area (Å²) >= 11 is 0. The quantitative estimate of drug-likeness (QED) is 0.354. The van der Waals surface area contributed by atoms with Crippen LogP contribution in [-0.4, -0.2) is 13.7 Å². The molecule has 0 saturated carbocycles. The zero-order chi connectivity index (χ0) is 11.1. The second-order valence-corrected chi connectivity index (χ2v) is 2.86. The molecule has 1 aromatic rings. The number of hydrogen-bond donors (Lipinski definition) is 1. The smallest absolute Gasteiger partial charge is 0.121 e. The van der Waals surface area contributed by atoms with Crippen LogP contribution in [0.2, 0.25) is 0 Å². The van der Waals surface area contributed by atoms with Crippen molar-refractivity contribution < 1.29 is 4.74 Å². The normalized spacial score (nSPS) is 9.93. The maximum Gasteiger partial charge on any atom is 0.121 e. The summed E-state index contributed by atoms with van der Waals surface area (Å²) in [6.45, 7) is 0.327. The molecule has 0 aliphatic carbocycles. The van der Waals surface area contributed by atoms with Crippen LogP contribution in [0, 0.1) is 0 Å². The third kappa shape index (κ3) is 3.62. The molecule has 5 nitrogen and oxygen atoms in total. The highest BCUT2D eigenvalue weighted by Gasteiger charge is 1.95. The highest BCUT2D eigenvalue weighted by molar-refractivity contribution is 5.59. The molecule has 1 rings (SSSR count). The molecule has 0 atom stereocenters. The first-order valence-corrected chi connectivity index (χ1v) is 4.38. The Morgan fingerprint density at radius 3 is 3.00 bits per heavy atom. The lowest BCUT2D eigenvalue weighted by atomic mass is 10.2. The van der Waals surface area contributed by atoms with E-state index in [1.807, 2.05) is 18.2 Å². The van der Waals surface area contributed by atoms with E-state index < -0.39 is 0 Å². The van der Waals surface area contributed by atoms with Crippen LogP contribution >= 0.6 is 0 Å². The Hall–Kier alpha value is -2.13. The zero-order valence-electron chi connectivity index (χ0n) is 8.42. The highest BCUT2D eigenvalue weighted by Crippen LogP contribution is 2.19. The summed E-state index contributed by atoms with van der Waals surface area (Å²) < 4.78 is 5.07. The molecule has 0 aliphatic heterocycles. The summed E-state index contributed by atoms with van der Waals surface area (Å²) in [6, 6.07) is 5.41. The molecule has 0 saturated heterocycles. The molecule has 0 bridgehead atoms. The largest absolute Gasteiger partial charge is 0.497 e. The molecule has 1 aromatic carbocycles. The second-order valence-electron chi connectivity index (χ2n) is 2.86. The number of hydrogen-bond acceptors (Lipinski definition) is 3. The summed E-state index contributed by atoms with van der Waals surface area (Å²) in [5, 5.41) is 3.38. The van der Waals surface area contributed by atoms with Gasteiger partial charge in [-0.25, -0.2) is 0 Å². The Labute approximate surface area is 87.8 Å². The van der Waals surface area contributed by atoms with E-state index in [2.05, 4.69) is 10.0 Å². The number of nitrogens with zero attached hydrogens (tertiary/aromatic N) is 3. The fraction of sp³-hybridized carbons (Fsp3) is 0.200. The van der Waals surface area contributed by atoms with Crippen LogP contribution in [-0.2, 0) is 0 Å². The minimum absolute atomic E-state index is 0.327. The van der Waals surface area contributed by atoms with Gasteiger partial charge in [-0.05, 0) is 23.2 Å². The minimum Gasteiger partial charge on any atom is -0.497 e. The van der Waals surface area contributed by atoms with E-state index in [0.717, 1.165) is 5.56 Å². The molecule has 0 heterocycles. The van der Waals surface area contributed by atoms with Gasteiger partial charge in [-0.2, -0.15) is 0 Å². The highest BCUT2D eigenvalue weighted by atomic mass is 16.5. The maximum atomic E-state index is 8.07. The van der Waals surface area contributed by atoms with Crippen molar-refractivity contribution in [1.29, 1.82) is 0 Å². The first kappa shape index (κ1) is 10.9. The Balaban J connectivity index is 2.80. The Bertz CT molecular complexity index is 408. The van der Waals surface area contributed by atoms with Gasteiger partial charge < -0.3 is 10.5 Å². The molecule has 0 spiro atoms. The molecule has 0 aliphatic rings. The summed E-state index contributed by atoms with van der Waals surface area (Å²) in [5.41, 5.74) is 15.3. The number of anilines is 1. The van der Waals surface area contributed by atoms with Gasteiger partial charge in [0.2, 0.25) is 0 Å². The number of methoxy groups -OCH3 is 1. The van der Waals surface area contributed by atoms with Gasteiger partial charge >= 0.3 is 0 Å². The molecule has 0 amide bonds. The van der Waals surface area contributed by atoms with Gasteiger partial charge in [0, 0.05) is 23.2 Å². The van der Waals surface area contributed by atoms with Crippen molar-refractivity contribution in [3.63, 3.8) is 0 Å². The van der Waals surface area contributed by atoms with Gasteiger partial charge in [-0.3, -0.25) is 0 Å². The summed E-state index contributed by atoms with van der Waals surface area (Å²) in [7, 11) is 1.59. The van der Waals surface area contributed by atoms with E-state index in [0.29, 0.717) is 18.0 Å². The lowest BCUT2D eigenvalue weighted by Gasteiger charge is -2.02. The predicted octanol–water partition coefficient (Wildman–Crippen LogP) is 2.60. The standard InChI is InChI=1S/C10H12N4O/c1-15-10-6-8(5-9(11)7-10)3-2-4-13-14-12/h2-3,5-7H,4,11H2,1H3. The van der Waals surface area contributed by atoms with Crippen LogP contribution in [0.5, 0.6) is 5.75 Å². The number of benzene rings is 1. The van der Waals surface area contributed by atoms with E-state index in [4.69, 9.17) is 16.0 Å². The topological polar surface area (TPSA) is 84.0 Å². The fourth-order valence-electron chi connectivity index (χ4n) is 1.13. The second kappa shape index (κ2) is 5.57. The Morgan fingerprint density at radius 1 is 1.53 bits per heavy atom. The monoisotopic (exact) mass is 204 g/mol. The zero-order valence-corrected chi connectivity index (χ0v) is 8.42. The molecule has 15 heavy (non-hydrogen) atoms. The number of nitrogen functional groups attached to an aromatic ring is 1. The molecular formula is C10H12N4O. The average molecular weight is 204 g/mol. The van der Waals surface area contributed by atoms with Gasteiger partial charge in [0.05, 0.1) is 7.11 Å². The molecule has 0 aromatic heterocycles. The minimum atomic E-state index is 0.327. The van der Waals surface area contributed by atoms with Gasteiger partial charge in [0.25, 0.3) is 0 Å². The first-order chi connectivity index (χ1) is 7.26. The average Bonchev–Trinajstić information content (AvgIpc) is 2.23. The molecular weight excluding hydrogens is 192 g/mol.